The van der Waals surface area contributed by atoms with Gasteiger partial charge in [-0.05, 0) is 37.3 Å². The molecule has 1 aliphatic rings. The van der Waals surface area contributed by atoms with E-state index >= 15 is 0 Å². The molecular weight excluding hydrogens is 318 g/mol. The van der Waals surface area contributed by atoms with E-state index < -0.39 is 0 Å². The maximum atomic E-state index is 12.8. The van der Waals surface area contributed by atoms with Crippen molar-refractivity contribution >= 4 is 5.91 Å². The number of hydrogen-bond donors (Lipinski definition) is 1. The molecule has 2 aromatic rings. The summed E-state index contributed by atoms with van der Waals surface area (Å²) in [5.74, 6) is -0.168. The summed E-state index contributed by atoms with van der Waals surface area (Å²) < 4.78 is 7.29. The fourth-order valence-electron chi connectivity index (χ4n) is 3.18. The largest absolute Gasteiger partial charge is 0.507 e. The third-order valence-corrected chi connectivity index (χ3v) is 4.67. The van der Waals surface area contributed by atoms with Gasteiger partial charge in [-0.1, -0.05) is 0 Å². The summed E-state index contributed by atoms with van der Waals surface area (Å²) in [7, 11) is 1.78. The van der Waals surface area contributed by atoms with Gasteiger partial charge in [0.25, 0.3) is 5.91 Å². The average molecular weight is 343 g/mol. The second-order valence-corrected chi connectivity index (χ2v) is 6.47. The molecule has 3 rings (SSSR count). The molecule has 0 saturated carbocycles. The number of ether oxygens (including phenoxy) is 1. The number of amides is 1. The Hall–Kier alpha value is -2.31. The van der Waals surface area contributed by atoms with Crippen molar-refractivity contribution in [1.29, 1.82) is 0 Å². The van der Waals surface area contributed by atoms with Gasteiger partial charge < -0.3 is 19.3 Å². The van der Waals surface area contributed by atoms with E-state index in [0.29, 0.717) is 12.1 Å². The number of nitrogens with zero attached hydrogens (tertiary/aromatic N) is 3. The zero-order chi connectivity index (χ0) is 17.8. The molecule has 0 spiro atoms. The topological polar surface area (TPSA) is 57.9 Å². The van der Waals surface area contributed by atoms with E-state index in [0.717, 1.165) is 32.0 Å². The minimum Gasteiger partial charge on any atom is -0.507 e. The van der Waals surface area contributed by atoms with E-state index in [1.54, 1.807) is 30.1 Å². The Kier molecular flexibility index (Phi) is 5.40. The normalized spacial score (nSPS) is 16.6. The monoisotopic (exact) mass is 343 g/mol. The third-order valence-electron chi connectivity index (χ3n) is 4.67. The van der Waals surface area contributed by atoms with Crippen molar-refractivity contribution < 1.29 is 14.6 Å². The number of phenolic OH excluding ortho intramolecular Hbond substituents is 1. The Morgan fingerprint density at radius 2 is 1.96 bits per heavy atom. The minimum atomic E-state index is -0.174. The van der Waals surface area contributed by atoms with Gasteiger partial charge in [-0.15, -0.1) is 0 Å². The summed E-state index contributed by atoms with van der Waals surface area (Å²) in [5, 5.41) is 10.2. The highest BCUT2D eigenvalue weighted by Crippen LogP contribution is 2.22. The van der Waals surface area contributed by atoms with Crippen molar-refractivity contribution in [1.82, 2.24) is 14.4 Å². The van der Waals surface area contributed by atoms with Gasteiger partial charge in [-0.3, -0.25) is 9.69 Å². The first kappa shape index (κ1) is 17.5. The summed E-state index contributed by atoms with van der Waals surface area (Å²) in [6.07, 6.45) is 3.82. The summed E-state index contributed by atoms with van der Waals surface area (Å²) in [4.78, 5) is 16.8. The molecule has 1 atom stereocenters. The summed E-state index contributed by atoms with van der Waals surface area (Å²) in [5.41, 5.74) is 1.17. The Morgan fingerprint density at radius 1 is 1.28 bits per heavy atom. The lowest BCUT2D eigenvalue weighted by Crippen LogP contribution is -2.47. The number of rotatable bonds is 5. The molecule has 1 amide bonds. The number of morpholine rings is 1. The van der Waals surface area contributed by atoms with Crippen molar-refractivity contribution in [2.24, 2.45) is 0 Å². The first-order chi connectivity index (χ1) is 12.1. The van der Waals surface area contributed by atoms with Crippen molar-refractivity contribution in [3.05, 3.63) is 48.3 Å². The molecule has 1 aromatic heterocycles. The Labute approximate surface area is 148 Å². The number of aromatic hydroxyl groups is 1. The standard InChI is InChI=1S/C19H25N3O3/c1-15(21-9-11-25-12-10-21)14-20(2)19(24)17-13-16(5-6-18(17)23)22-7-3-4-8-22/h3-8,13,15,23H,9-12,14H2,1-2H3/t15-/m0/s1. The lowest BCUT2D eigenvalue weighted by Gasteiger charge is -2.34. The first-order valence-electron chi connectivity index (χ1n) is 8.60. The zero-order valence-corrected chi connectivity index (χ0v) is 14.8. The van der Waals surface area contributed by atoms with Crippen molar-refractivity contribution in [3.63, 3.8) is 0 Å². The number of carbonyl (C=O) groups is 1. The molecule has 0 aliphatic carbocycles. The molecule has 2 heterocycles. The van der Waals surface area contributed by atoms with Gasteiger partial charge in [0, 0.05) is 50.8 Å². The molecule has 1 N–H and O–H groups in total. The van der Waals surface area contributed by atoms with Crippen LogP contribution in [-0.2, 0) is 4.74 Å². The number of benzene rings is 1. The summed E-state index contributed by atoms with van der Waals surface area (Å²) in [6, 6.07) is 9.18. The Balaban J connectivity index is 1.72. The minimum absolute atomic E-state index is 0.00628. The van der Waals surface area contributed by atoms with E-state index in [1.807, 2.05) is 29.1 Å². The number of likely N-dealkylation sites (N-methyl/N-ethyl adjacent to an activating group) is 1. The van der Waals surface area contributed by atoms with Crippen LogP contribution in [-0.4, -0.2) is 71.3 Å². The third kappa shape index (κ3) is 4.03. The van der Waals surface area contributed by atoms with Gasteiger partial charge in [0.1, 0.15) is 5.75 Å². The summed E-state index contributed by atoms with van der Waals surface area (Å²) in [6.45, 7) is 5.97. The van der Waals surface area contributed by atoms with E-state index in [9.17, 15) is 9.90 Å². The molecule has 6 heteroatoms. The van der Waals surface area contributed by atoms with Gasteiger partial charge in [0.05, 0.1) is 18.8 Å². The molecule has 1 saturated heterocycles. The molecule has 0 unspecified atom stereocenters. The molecule has 134 valence electrons. The number of phenols is 1. The number of carbonyl (C=O) groups excluding carboxylic acids is 1. The fraction of sp³-hybridized carbons (Fsp3) is 0.421. The highest BCUT2D eigenvalue weighted by Gasteiger charge is 2.22. The van der Waals surface area contributed by atoms with Crippen molar-refractivity contribution in [3.8, 4) is 11.4 Å². The average Bonchev–Trinajstić information content (AvgIpc) is 3.17. The molecule has 0 bridgehead atoms. The van der Waals surface area contributed by atoms with Crippen LogP contribution in [0.15, 0.2) is 42.7 Å². The van der Waals surface area contributed by atoms with Crippen LogP contribution in [0.3, 0.4) is 0 Å². The quantitative estimate of drug-likeness (QED) is 0.902. The molecule has 0 radical (unpaired) electrons. The van der Waals surface area contributed by atoms with Gasteiger partial charge in [0.2, 0.25) is 0 Å². The Bertz CT molecular complexity index is 709. The van der Waals surface area contributed by atoms with Gasteiger partial charge in [-0.25, -0.2) is 0 Å². The molecule has 1 aliphatic heterocycles. The van der Waals surface area contributed by atoms with Gasteiger partial charge in [-0.2, -0.15) is 0 Å². The van der Waals surface area contributed by atoms with E-state index in [1.165, 1.54) is 0 Å². The lowest BCUT2D eigenvalue weighted by atomic mass is 10.1. The molecule has 1 aromatic carbocycles. The van der Waals surface area contributed by atoms with Crippen molar-refractivity contribution in [2.75, 3.05) is 39.9 Å². The second-order valence-electron chi connectivity index (χ2n) is 6.47. The fourth-order valence-corrected chi connectivity index (χ4v) is 3.18. The molecular formula is C19H25N3O3. The number of aromatic nitrogens is 1. The molecule has 1 fully saturated rings. The first-order valence-corrected chi connectivity index (χ1v) is 8.60. The van der Waals surface area contributed by atoms with Crippen LogP contribution in [0.4, 0.5) is 0 Å². The van der Waals surface area contributed by atoms with E-state index in [4.69, 9.17) is 4.74 Å². The molecule has 6 nitrogen and oxygen atoms in total. The van der Waals surface area contributed by atoms with Crippen LogP contribution in [0.5, 0.6) is 5.75 Å². The smallest absolute Gasteiger partial charge is 0.257 e. The highest BCUT2D eigenvalue weighted by molar-refractivity contribution is 5.97. The zero-order valence-electron chi connectivity index (χ0n) is 14.8. The van der Waals surface area contributed by atoms with Crippen LogP contribution in [0.25, 0.3) is 5.69 Å². The lowest BCUT2D eigenvalue weighted by molar-refractivity contribution is 0.0142. The van der Waals surface area contributed by atoms with Crippen LogP contribution in [0.1, 0.15) is 17.3 Å². The highest BCUT2D eigenvalue weighted by atomic mass is 16.5. The number of hydrogen-bond acceptors (Lipinski definition) is 4. The predicted molar refractivity (Wildman–Crippen MR) is 96.2 cm³/mol. The van der Waals surface area contributed by atoms with Gasteiger partial charge >= 0.3 is 0 Å². The second kappa shape index (κ2) is 7.72. The maximum Gasteiger partial charge on any atom is 0.257 e. The van der Waals surface area contributed by atoms with Crippen LogP contribution in [0, 0.1) is 0 Å². The van der Waals surface area contributed by atoms with Crippen LogP contribution in [0.2, 0.25) is 0 Å². The van der Waals surface area contributed by atoms with Crippen LogP contribution < -0.4 is 0 Å². The van der Waals surface area contributed by atoms with Crippen molar-refractivity contribution in [2.45, 2.75) is 13.0 Å². The Morgan fingerprint density at radius 3 is 2.64 bits per heavy atom. The molecule has 25 heavy (non-hydrogen) atoms. The predicted octanol–water partition coefficient (Wildman–Crippen LogP) is 1.98. The maximum absolute atomic E-state index is 12.8. The SMILES string of the molecule is C[C@@H](CN(C)C(=O)c1cc(-n2cccc2)ccc1O)N1CCOCC1. The van der Waals surface area contributed by atoms with E-state index in [-0.39, 0.29) is 17.7 Å². The van der Waals surface area contributed by atoms with E-state index in [2.05, 4.69) is 11.8 Å². The summed E-state index contributed by atoms with van der Waals surface area (Å²) >= 11 is 0. The van der Waals surface area contributed by atoms with Gasteiger partial charge in [0.15, 0.2) is 0 Å². The van der Waals surface area contributed by atoms with Crippen LogP contribution >= 0.6 is 0 Å².